The molecule has 1 saturated carbocycles. The zero-order chi connectivity index (χ0) is 25.6. The van der Waals surface area contributed by atoms with Crippen LogP contribution in [0, 0.1) is 29.4 Å². The summed E-state index contributed by atoms with van der Waals surface area (Å²) in [6.07, 6.45) is 27.2. The quantitative estimate of drug-likeness (QED) is 0.172. The van der Waals surface area contributed by atoms with Crippen LogP contribution >= 0.6 is 0 Å². The summed E-state index contributed by atoms with van der Waals surface area (Å²) in [5, 5.41) is 0. The largest absolute Gasteiger partial charge is 0.490 e. The summed E-state index contributed by atoms with van der Waals surface area (Å²) in [4.78, 5) is 0. The number of unbranched alkanes of at least 4 members (excludes halogenated alkanes) is 5. The van der Waals surface area contributed by atoms with Crippen molar-refractivity contribution in [3.63, 3.8) is 0 Å². The van der Waals surface area contributed by atoms with E-state index in [0.717, 1.165) is 43.9 Å². The van der Waals surface area contributed by atoms with Crippen LogP contribution < -0.4 is 4.74 Å². The van der Waals surface area contributed by atoms with Crippen LogP contribution in [0.2, 0.25) is 0 Å². The Morgan fingerprint density at radius 1 is 0.833 bits per heavy atom. The van der Waals surface area contributed by atoms with Gasteiger partial charge in [0.25, 0.3) is 0 Å². The van der Waals surface area contributed by atoms with E-state index in [4.69, 9.17) is 4.74 Å². The van der Waals surface area contributed by atoms with Crippen molar-refractivity contribution in [3.05, 3.63) is 53.1 Å². The smallest absolute Gasteiger partial charge is 0.200 e. The Morgan fingerprint density at radius 2 is 1.61 bits per heavy atom. The van der Waals surface area contributed by atoms with Crippen molar-refractivity contribution in [2.45, 2.75) is 123 Å². The molecule has 1 fully saturated rings. The van der Waals surface area contributed by atoms with Gasteiger partial charge in [0, 0.05) is 0 Å². The highest BCUT2D eigenvalue weighted by atomic mass is 19.2. The van der Waals surface area contributed by atoms with Crippen molar-refractivity contribution in [3.8, 4) is 5.75 Å². The lowest BCUT2D eigenvalue weighted by atomic mass is 9.71. The molecule has 1 unspecified atom stereocenters. The van der Waals surface area contributed by atoms with E-state index >= 15 is 0 Å². The van der Waals surface area contributed by atoms with E-state index < -0.39 is 11.6 Å². The number of aryl methyl sites for hydroxylation is 1. The third-order valence-corrected chi connectivity index (χ3v) is 8.50. The summed E-state index contributed by atoms with van der Waals surface area (Å²) in [7, 11) is 0. The molecule has 1 aromatic carbocycles. The predicted octanol–water partition coefficient (Wildman–Crippen LogP) is 10.5. The number of rotatable bonds is 15. The molecule has 0 aromatic heterocycles. The van der Waals surface area contributed by atoms with E-state index in [-0.39, 0.29) is 5.75 Å². The van der Waals surface area contributed by atoms with Crippen molar-refractivity contribution in [2.75, 3.05) is 6.61 Å². The first-order valence-electron chi connectivity index (χ1n) is 15.1. The van der Waals surface area contributed by atoms with Gasteiger partial charge >= 0.3 is 0 Å². The molecule has 0 radical (unpaired) electrons. The standard InChI is InChI=1S/C33H50F2O/c1-3-5-7-11-25-36-31-24-23-30(32(34)33(31)35)14-10-9-13-27-17-21-29(22-18-27)28-19-15-26(16-20-28)12-8-6-4-2/h9,13,15,23-24,27-29H,3-8,10-12,14,16-22,25H2,1-2H3/b13-9+. The molecule has 2 aliphatic rings. The fourth-order valence-corrected chi connectivity index (χ4v) is 6.09. The van der Waals surface area contributed by atoms with Gasteiger partial charge in [0.15, 0.2) is 11.6 Å². The number of halogens is 2. The summed E-state index contributed by atoms with van der Waals surface area (Å²) in [5.41, 5.74) is 2.16. The molecule has 0 spiro atoms. The normalized spacial score (nSPS) is 22.7. The summed E-state index contributed by atoms with van der Waals surface area (Å²) < 4.78 is 34.4. The van der Waals surface area contributed by atoms with Gasteiger partial charge in [-0.05, 0) is 106 Å². The van der Waals surface area contributed by atoms with E-state index in [2.05, 4.69) is 32.1 Å². The average Bonchev–Trinajstić information content (AvgIpc) is 2.91. The van der Waals surface area contributed by atoms with Crippen molar-refractivity contribution >= 4 is 0 Å². The van der Waals surface area contributed by atoms with Crippen molar-refractivity contribution in [1.82, 2.24) is 0 Å². The van der Waals surface area contributed by atoms with Gasteiger partial charge in [0.05, 0.1) is 6.61 Å². The van der Waals surface area contributed by atoms with Gasteiger partial charge in [-0.1, -0.05) is 75.8 Å². The number of hydrogen-bond acceptors (Lipinski definition) is 1. The summed E-state index contributed by atoms with van der Waals surface area (Å²) >= 11 is 0. The second kappa shape index (κ2) is 16.3. The first-order valence-corrected chi connectivity index (χ1v) is 15.1. The first kappa shape index (κ1) is 28.9. The van der Waals surface area contributed by atoms with E-state index in [9.17, 15) is 8.78 Å². The highest BCUT2D eigenvalue weighted by Crippen LogP contribution is 2.40. The lowest BCUT2D eigenvalue weighted by molar-refractivity contribution is 0.209. The zero-order valence-electron chi connectivity index (χ0n) is 23.0. The van der Waals surface area contributed by atoms with Gasteiger partial charge in [0.1, 0.15) is 0 Å². The highest BCUT2D eigenvalue weighted by molar-refractivity contribution is 5.31. The van der Waals surface area contributed by atoms with Crippen LogP contribution in [0.1, 0.15) is 122 Å². The molecule has 2 aliphatic carbocycles. The molecule has 1 nitrogen and oxygen atoms in total. The molecule has 202 valence electrons. The van der Waals surface area contributed by atoms with Gasteiger partial charge in [-0.25, -0.2) is 4.39 Å². The summed E-state index contributed by atoms with van der Waals surface area (Å²) in [6, 6.07) is 3.28. The van der Waals surface area contributed by atoms with E-state index in [1.165, 1.54) is 70.6 Å². The first-order chi connectivity index (χ1) is 17.6. The third kappa shape index (κ3) is 9.34. The monoisotopic (exact) mass is 500 g/mol. The lowest BCUT2D eigenvalue weighted by Gasteiger charge is -2.35. The molecule has 36 heavy (non-hydrogen) atoms. The van der Waals surface area contributed by atoms with Crippen molar-refractivity contribution in [2.24, 2.45) is 17.8 Å². The number of hydrogen-bond donors (Lipinski definition) is 0. The van der Waals surface area contributed by atoms with Crippen LogP contribution in [0.15, 0.2) is 35.9 Å². The molecular weight excluding hydrogens is 450 g/mol. The fraction of sp³-hybridized carbons (Fsp3) is 0.697. The molecule has 0 amide bonds. The maximum Gasteiger partial charge on any atom is 0.200 e. The maximum atomic E-state index is 14.5. The Labute approximate surface area is 219 Å². The SMILES string of the molecule is CCCCCCOc1ccc(CC/C=C/C2CCC(C3CC=C(CCCCC)CC3)CC2)c(F)c1F. The van der Waals surface area contributed by atoms with Crippen molar-refractivity contribution in [1.29, 1.82) is 0 Å². The molecule has 0 bridgehead atoms. The van der Waals surface area contributed by atoms with E-state index in [1.807, 2.05) is 0 Å². The minimum Gasteiger partial charge on any atom is -0.490 e. The molecule has 0 heterocycles. The molecule has 0 saturated heterocycles. The maximum absolute atomic E-state index is 14.5. The van der Waals surface area contributed by atoms with E-state index in [1.54, 1.807) is 17.7 Å². The minimum atomic E-state index is -0.837. The van der Waals surface area contributed by atoms with Crippen LogP contribution in [0.3, 0.4) is 0 Å². The van der Waals surface area contributed by atoms with Crippen molar-refractivity contribution < 1.29 is 13.5 Å². The highest BCUT2D eigenvalue weighted by Gasteiger charge is 2.27. The Balaban J connectivity index is 1.34. The van der Waals surface area contributed by atoms with E-state index in [0.29, 0.717) is 24.5 Å². The van der Waals surface area contributed by atoms with Gasteiger partial charge < -0.3 is 4.74 Å². The molecule has 1 atom stereocenters. The van der Waals surface area contributed by atoms with Gasteiger partial charge in [-0.15, -0.1) is 0 Å². The van der Waals surface area contributed by atoms with Gasteiger partial charge in [-0.3, -0.25) is 0 Å². The second-order valence-electron chi connectivity index (χ2n) is 11.3. The predicted molar refractivity (Wildman–Crippen MR) is 148 cm³/mol. The number of ether oxygens (including phenoxy) is 1. The second-order valence-corrected chi connectivity index (χ2v) is 11.3. The van der Waals surface area contributed by atoms with Crippen LogP contribution in [0.4, 0.5) is 8.78 Å². The Morgan fingerprint density at radius 3 is 2.33 bits per heavy atom. The number of allylic oxidation sites excluding steroid dienone is 4. The van der Waals surface area contributed by atoms with Crippen LogP contribution in [0.25, 0.3) is 0 Å². The lowest BCUT2D eigenvalue weighted by Crippen LogP contribution is -2.22. The minimum absolute atomic E-state index is 0.0428. The third-order valence-electron chi connectivity index (χ3n) is 8.50. The Hall–Kier alpha value is -1.64. The van der Waals surface area contributed by atoms with Crippen LogP contribution in [0.5, 0.6) is 5.75 Å². The Kier molecular flexibility index (Phi) is 13.1. The molecule has 3 heteroatoms. The Bertz CT molecular complexity index is 819. The van der Waals surface area contributed by atoms with Gasteiger partial charge in [-0.2, -0.15) is 4.39 Å². The zero-order valence-corrected chi connectivity index (χ0v) is 23.0. The molecule has 0 aliphatic heterocycles. The summed E-state index contributed by atoms with van der Waals surface area (Å²) in [6.45, 7) is 4.87. The molecule has 1 aromatic rings. The van der Waals surface area contributed by atoms with Gasteiger partial charge in [0.2, 0.25) is 5.82 Å². The molecular formula is C33H50F2O. The molecule has 0 N–H and O–H groups in total. The average molecular weight is 501 g/mol. The van der Waals surface area contributed by atoms with Crippen LogP contribution in [-0.4, -0.2) is 6.61 Å². The molecule has 3 rings (SSSR count). The number of benzene rings is 1. The fourth-order valence-electron chi connectivity index (χ4n) is 6.09. The summed E-state index contributed by atoms with van der Waals surface area (Å²) in [5.74, 6) is 0.899. The topological polar surface area (TPSA) is 9.23 Å². The van der Waals surface area contributed by atoms with Crippen LogP contribution in [-0.2, 0) is 6.42 Å².